The van der Waals surface area contributed by atoms with E-state index in [1.807, 2.05) is 27.7 Å². The minimum Gasteiger partial charge on any atom is -0.322 e. The topological polar surface area (TPSA) is 35.5 Å². The summed E-state index contributed by atoms with van der Waals surface area (Å²) in [6.07, 6.45) is 0. The van der Waals surface area contributed by atoms with Crippen LogP contribution < -0.4 is 0 Å². The zero-order valence-electron chi connectivity index (χ0n) is 12.4. The maximum atomic E-state index is 14.3. The first-order valence-electron chi connectivity index (χ1n) is 6.76. The summed E-state index contributed by atoms with van der Waals surface area (Å²) >= 11 is 0. The molecule has 0 aromatic carbocycles. The van der Waals surface area contributed by atoms with Gasteiger partial charge in [-0.3, -0.25) is 0 Å². The third-order valence-corrected chi connectivity index (χ3v) is 14.6. The van der Waals surface area contributed by atoms with Crippen LogP contribution in [-0.2, 0) is 13.0 Å². The standard InChI is InChI=1S/C12H26FO3PSi2/c1-7-18(8-2,9-3)15-17(13,14)16-19(10-4,11-5)12-6/h7,10H,1,4,8-9,11-12H2,2-3,5-6H3. The molecule has 0 N–H and O–H groups in total. The maximum Gasteiger partial charge on any atom is 0.493 e. The second-order valence-corrected chi connectivity index (χ2v) is 14.8. The Kier molecular flexibility index (Phi) is 7.69. The summed E-state index contributed by atoms with van der Waals surface area (Å²) in [4.78, 5) is 0. The zero-order chi connectivity index (χ0) is 15.2. The fourth-order valence-corrected chi connectivity index (χ4v) is 10.6. The molecule has 0 atom stereocenters. The second-order valence-electron chi connectivity index (χ2n) is 4.57. The molecule has 0 radical (unpaired) electrons. The van der Waals surface area contributed by atoms with E-state index >= 15 is 0 Å². The van der Waals surface area contributed by atoms with Crippen LogP contribution in [0.15, 0.2) is 24.6 Å². The smallest absolute Gasteiger partial charge is 0.322 e. The molecule has 0 aromatic heterocycles. The van der Waals surface area contributed by atoms with E-state index in [-0.39, 0.29) is 0 Å². The molecule has 0 aromatic rings. The summed E-state index contributed by atoms with van der Waals surface area (Å²) in [7, 11) is -9.56. The van der Waals surface area contributed by atoms with Crippen molar-refractivity contribution in [3.05, 3.63) is 24.6 Å². The molecule has 19 heavy (non-hydrogen) atoms. The minimum absolute atomic E-state index is 0.630. The zero-order valence-corrected chi connectivity index (χ0v) is 15.3. The Balaban J connectivity index is 5.13. The van der Waals surface area contributed by atoms with Gasteiger partial charge in [0.15, 0.2) is 0 Å². The molecule has 0 saturated carbocycles. The van der Waals surface area contributed by atoms with Crippen molar-refractivity contribution in [1.29, 1.82) is 0 Å². The Hall–Kier alpha value is -0.00623. The largest absolute Gasteiger partial charge is 0.493 e. The molecule has 0 saturated heterocycles. The molecule has 0 fully saturated rings. The van der Waals surface area contributed by atoms with Gasteiger partial charge in [-0.05, 0) is 24.2 Å². The first-order valence-corrected chi connectivity index (χ1v) is 13.0. The lowest BCUT2D eigenvalue weighted by molar-refractivity contribution is 0.330. The number of hydrogen-bond acceptors (Lipinski definition) is 3. The molecule has 3 nitrogen and oxygen atoms in total. The summed E-state index contributed by atoms with van der Waals surface area (Å²) in [5.74, 6) is 0. The van der Waals surface area contributed by atoms with E-state index in [2.05, 4.69) is 13.2 Å². The third-order valence-electron chi connectivity index (χ3n) is 3.72. The van der Waals surface area contributed by atoms with E-state index in [1.165, 1.54) is 0 Å². The van der Waals surface area contributed by atoms with Crippen LogP contribution >= 0.6 is 7.91 Å². The van der Waals surface area contributed by atoms with Crippen LogP contribution in [0.2, 0.25) is 24.2 Å². The predicted molar refractivity (Wildman–Crippen MR) is 84.7 cm³/mol. The second kappa shape index (κ2) is 7.69. The fourth-order valence-electron chi connectivity index (χ4n) is 1.86. The Morgan fingerprint density at radius 1 is 0.947 bits per heavy atom. The summed E-state index contributed by atoms with van der Waals surface area (Å²) in [5, 5.41) is 0. The van der Waals surface area contributed by atoms with Gasteiger partial charge in [0.05, 0.1) is 0 Å². The Morgan fingerprint density at radius 2 is 1.21 bits per heavy atom. The van der Waals surface area contributed by atoms with Crippen molar-refractivity contribution in [1.82, 2.24) is 0 Å². The van der Waals surface area contributed by atoms with Gasteiger partial charge in [0, 0.05) is 0 Å². The van der Waals surface area contributed by atoms with Crippen LogP contribution in [0.4, 0.5) is 4.20 Å². The number of rotatable bonds is 10. The minimum atomic E-state index is -4.55. The summed E-state index contributed by atoms with van der Waals surface area (Å²) < 4.78 is 37.0. The van der Waals surface area contributed by atoms with Crippen LogP contribution in [0, 0.1) is 0 Å². The highest BCUT2D eigenvalue weighted by molar-refractivity contribution is 7.52. The molecule has 0 unspecified atom stereocenters. The van der Waals surface area contributed by atoms with Gasteiger partial charge in [-0.2, -0.15) is 0 Å². The molecule has 0 amide bonds. The van der Waals surface area contributed by atoms with E-state index in [0.717, 1.165) is 0 Å². The van der Waals surface area contributed by atoms with Gasteiger partial charge in [0.25, 0.3) is 0 Å². The van der Waals surface area contributed by atoms with Crippen molar-refractivity contribution in [2.24, 2.45) is 0 Å². The number of hydrogen-bond donors (Lipinski definition) is 0. The molecule has 0 heterocycles. The number of halogens is 1. The van der Waals surface area contributed by atoms with Crippen LogP contribution in [0.1, 0.15) is 27.7 Å². The third kappa shape index (κ3) is 5.12. The highest BCUT2D eigenvalue weighted by atomic mass is 31.2. The van der Waals surface area contributed by atoms with Crippen LogP contribution in [0.25, 0.3) is 0 Å². The average Bonchev–Trinajstić information content (AvgIpc) is 2.42. The van der Waals surface area contributed by atoms with E-state index in [4.69, 9.17) is 8.43 Å². The molecular formula is C12H26FO3PSi2. The fraction of sp³-hybridized carbons (Fsp3) is 0.667. The SMILES string of the molecule is C=C[Si](CC)(CC)OP(=O)(F)O[Si](C=C)(CC)CC. The lowest BCUT2D eigenvalue weighted by Crippen LogP contribution is -2.37. The molecule has 0 aliphatic carbocycles. The van der Waals surface area contributed by atoms with Gasteiger partial charge in [0.2, 0.25) is 16.6 Å². The molecule has 0 rings (SSSR count). The maximum absolute atomic E-state index is 14.3. The van der Waals surface area contributed by atoms with Crippen molar-refractivity contribution in [2.45, 2.75) is 51.9 Å². The molecule has 112 valence electrons. The highest BCUT2D eigenvalue weighted by Gasteiger charge is 2.44. The molecule has 0 spiro atoms. The Labute approximate surface area is 118 Å². The summed E-state index contributed by atoms with van der Waals surface area (Å²) in [6.45, 7) is 15.0. The van der Waals surface area contributed by atoms with Gasteiger partial charge in [-0.1, -0.05) is 39.1 Å². The van der Waals surface area contributed by atoms with Gasteiger partial charge < -0.3 is 8.43 Å². The van der Waals surface area contributed by atoms with Crippen LogP contribution in [0.3, 0.4) is 0 Å². The van der Waals surface area contributed by atoms with Crippen molar-refractivity contribution in [2.75, 3.05) is 0 Å². The summed E-state index contributed by atoms with van der Waals surface area (Å²) in [5.41, 5.74) is 3.27. The molecule has 0 aliphatic heterocycles. The van der Waals surface area contributed by atoms with Crippen molar-refractivity contribution < 1.29 is 17.2 Å². The van der Waals surface area contributed by atoms with Gasteiger partial charge in [0.1, 0.15) is 0 Å². The van der Waals surface area contributed by atoms with E-state index in [9.17, 15) is 8.76 Å². The van der Waals surface area contributed by atoms with Crippen LogP contribution in [-0.4, -0.2) is 16.6 Å². The van der Waals surface area contributed by atoms with Crippen molar-refractivity contribution in [3.63, 3.8) is 0 Å². The van der Waals surface area contributed by atoms with E-state index in [0.29, 0.717) is 24.2 Å². The normalized spacial score (nSPS) is 13.3. The van der Waals surface area contributed by atoms with Crippen molar-refractivity contribution in [3.8, 4) is 0 Å². The van der Waals surface area contributed by atoms with Crippen LogP contribution in [0.5, 0.6) is 0 Å². The van der Waals surface area contributed by atoms with E-state index < -0.39 is 24.5 Å². The van der Waals surface area contributed by atoms with Gasteiger partial charge in [-0.15, -0.1) is 17.4 Å². The van der Waals surface area contributed by atoms with Gasteiger partial charge in [-0.25, -0.2) is 4.57 Å². The van der Waals surface area contributed by atoms with Gasteiger partial charge >= 0.3 is 7.91 Å². The molecule has 7 heteroatoms. The first kappa shape index (κ1) is 19.0. The lowest BCUT2D eigenvalue weighted by atomic mass is 10.9. The lowest BCUT2D eigenvalue weighted by Gasteiger charge is -2.31. The Bertz CT molecular complexity index is 325. The van der Waals surface area contributed by atoms with E-state index in [1.54, 1.807) is 11.4 Å². The quantitative estimate of drug-likeness (QED) is 0.392. The highest BCUT2D eigenvalue weighted by Crippen LogP contribution is 2.56. The molecule has 0 aliphatic rings. The predicted octanol–water partition coefficient (Wildman–Crippen LogP) is 5.52. The average molecular weight is 324 g/mol. The van der Waals surface area contributed by atoms with Crippen molar-refractivity contribution >= 4 is 24.5 Å². The first-order chi connectivity index (χ1) is 8.78. The Morgan fingerprint density at radius 3 is 1.37 bits per heavy atom. The molecule has 0 bridgehead atoms. The molecular weight excluding hydrogens is 298 g/mol. The summed E-state index contributed by atoms with van der Waals surface area (Å²) in [6, 6.07) is 2.52. The monoisotopic (exact) mass is 324 g/mol.